The molecule has 0 fully saturated rings. The van der Waals surface area contributed by atoms with Crippen LogP contribution in [0.1, 0.15) is 11.1 Å². The third-order valence-corrected chi connectivity index (χ3v) is 2.21. The Morgan fingerprint density at radius 1 is 1.29 bits per heavy atom. The van der Waals surface area contributed by atoms with E-state index < -0.39 is 11.7 Å². The predicted molar refractivity (Wildman–Crippen MR) is 51.4 cm³/mol. The summed E-state index contributed by atoms with van der Waals surface area (Å²) in [6, 6.07) is 2.42. The van der Waals surface area contributed by atoms with Crippen LogP contribution in [-0.2, 0) is 12.7 Å². The fraction of sp³-hybridized carbons (Fsp3) is 0.250. The van der Waals surface area contributed by atoms with E-state index >= 15 is 0 Å². The van der Waals surface area contributed by atoms with Crippen molar-refractivity contribution in [1.29, 1.82) is 0 Å². The van der Waals surface area contributed by atoms with E-state index in [4.69, 9.17) is 11.5 Å². The molecular weight excluding hydrogens is 261 g/mol. The summed E-state index contributed by atoms with van der Waals surface area (Å²) >= 11 is 2.97. The van der Waals surface area contributed by atoms with E-state index in [9.17, 15) is 13.2 Å². The Labute approximate surface area is 87.2 Å². The van der Waals surface area contributed by atoms with E-state index in [1.54, 1.807) is 0 Å². The second kappa shape index (κ2) is 3.78. The van der Waals surface area contributed by atoms with Crippen LogP contribution in [0.2, 0.25) is 0 Å². The Kier molecular flexibility index (Phi) is 3.06. The normalized spacial score (nSPS) is 11.8. The largest absolute Gasteiger partial charge is 0.418 e. The lowest BCUT2D eigenvalue weighted by molar-refractivity contribution is -0.137. The maximum absolute atomic E-state index is 12.4. The molecule has 0 radical (unpaired) electrons. The topological polar surface area (TPSA) is 52.0 Å². The highest BCUT2D eigenvalue weighted by Gasteiger charge is 2.33. The maximum Gasteiger partial charge on any atom is 0.418 e. The first-order valence-electron chi connectivity index (χ1n) is 3.71. The van der Waals surface area contributed by atoms with Crippen LogP contribution in [0, 0.1) is 0 Å². The molecule has 0 bridgehead atoms. The van der Waals surface area contributed by atoms with Gasteiger partial charge in [0, 0.05) is 16.7 Å². The van der Waals surface area contributed by atoms with Crippen molar-refractivity contribution in [2.75, 3.05) is 5.73 Å². The molecule has 1 aromatic rings. The molecule has 2 nitrogen and oxygen atoms in total. The molecule has 78 valence electrons. The molecule has 0 spiro atoms. The molecule has 6 heteroatoms. The van der Waals surface area contributed by atoms with Gasteiger partial charge in [-0.2, -0.15) is 13.2 Å². The van der Waals surface area contributed by atoms with Crippen molar-refractivity contribution in [3.63, 3.8) is 0 Å². The van der Waals surface area contributed by atoms with Gasteiger partial charge < -0.3 is 11.5 Å². The molecular formula is C8H8BrF3N2. The van der Waals surface area contributed by atoms with Crippen LogP contribution in [0.15, 0.2) is 16.6 Å². The van der Waals surface area contributed by atoms with E-state index in [-0.39, 0.29) is 17.8 Å². The molecule has 0 atom stereocenters. The SMILES string of the molecule is NCc1cc(Br)cc(C(F)(F)F)c1N. The lowest BCUT2D eigenvalue weighted by Gasteiger charge is -2.13. The minimum absolute atomic E-state index is 0.0195. The molecule has 0 aliphatic heterocycles. The molecule has 1 aromatic carbocycles. The summed E-state index contributed by atoms with van der Waals surface area (Å²) in [5, 5.41) is 0. The quantitative estimate of drug-likeness (QED) is 0.769. The molecule has 14 heavy (non-hydrogen) atoms. The van der Waals surface area contributed by atoms with Crippen molar-refractivity contribution in [1.82, 2.24) is 0 Å². The molecule has 0 aromatic heterocycles. The van der Waals surface area contributed by atoms with Gasteiger partial charge in [-0.3, -0.25) is 0 Å². The average molecular weight is 269 g/mol. The summed E-state index contributed by atoms with van der Waals surface area (Å²) in [4.78, 5) is 0. The summed E-state index contributed by atoms with van der Waals surface area (Å²) in [5.41, 5.74) is 9.72. The van der Waals surface area contributed by atoms with Crippen LogP contribution in [0.5, 0.6) is 0 Å². The van der Waals surface area contributed by atoms with Crippen molar-refractivity contribution in [3.8, 4) is 0 Å². The smallest absolute Gasteiger partial charge is 0.398 e. The zero-order valence-corrected chi connectivity index (χ0v) is 8.61. The second-order valence-corrected chi connectivity index (χ2v) is 3.64. The Hall–Kier alpha value is -0.750. The summed E-state index contributed by atoms with van der Waals surface area (Å²) < 4.78 is 37.5. The first kappa shape index (κ1) is 11.3. The standard InChI is InChI=1S/C8H8BrF3N2/c9-5-1-4(3-13)7(14)6(2-5)8(10,11)12/h1-2H,3,13-14H2. The minimum Gasteiger partial charge on any atom is -0.398 e. The van der Waals surface area contributed by atoms with Gasteiger partial charge in [0.05, 0.1) is 5.56 Å². The number of nitrogens with two attached hydrogens (primary N) is 2. The van der Waals surface area contributed by atoms with Crippen molar-refractivity contribution in [2.45, 2.75) is 12.7 Å². The van der Waals surface area contributed by atoms with E-state index in [1.165, 1.54) is 6.07 Å². The molecule has 0 heterocycles. The molecule has 1 rings (SSSR count). The highest BCUT2D eigenvalue weighted by Crippen LogP contribution is 2.36. The highest BCUT2D eigenvalue weighted by atomic mass is 79.9. The molecule has 0 saturated heterocycles. The number of alkyl halides is 3. The molecule has 0 aliphatic rings. The van der Waals surface area contributed by atoms with Gasteiger partial charge in [0.15, 0.2) is 0 Å². The second-order valence-electron chi connectivity index (χ2n) is 2.73. The molecule has 0 saturated carbocycles. The summed E-state index contributed by atoms with van der Waals surface area (Å²) in [7, 11) is 0. The van der Waals surface area contributed by atoms with Gasteiger partial charge in [-0.25, -0.2) is 0 Å². The van der Waals surface area contributed by atoms with Crippen molar-refractivity contribution < 1.29 is 13.2 Å². The average Bonchev–Trinajstić information content (AvgIpc) is 2.06. The van der Waals surface area contributed by atoms with Gasteiger partial charge in [-0.1, -0.05) is 15.9 Å². The molecule has 0 unspecified atom stereocenters. The van der Waals surface area contributed by atoms with Gasteiger partial charge >= 0.3 is 6.18 Å². The number of halogens is 4. The van der Waals surface area contributed by atoms with Crippen molar-refractivity contribution in [3.05, 3.63) is 27.7 Å². The van der Waals surface area contributed by atoms with E-state index in [0.29, 0.717) is 4.47 Å². The fourth-order valence-electron chi connectivity index (χ4n) is 1.08. The van der Waals surface area contributed by atoms with Crippen LogP contribution in [0.25, 0.3) is 0 Å². The Bertz CT molecular complexity index is 349. The van der Waals surface area contributed by atoms with Gasteiger partial charge in [0.1, 0.15) is 0 Å². The van der Waals surface area contributed by atoms with Crippen LogP contribution < -0.4 is 11.5 Å². The number of benzene rings is 1. The number of hydrogen-bond donors (Lipinski definition) is 2. The molecule has 0 aliphatic carbocycles. The molecule has 0 amide bonds. The van der Waals surface area contributed by atoms with Gasteiger partial charge in [0.25, 0.3) is 0 Å². The number of rotatable bonds is 1. The fourth-order valence-corrected chi connectivity index (χ4v) is 1.58. The number of nitrogen functional groups attached to an aromatic ring is 1. The van der Waals surface area contributed by atoms with E-state index in [2.05, 4.69) is 15.9 Å². The van der Waals surface area contributed by atoms with Crippen molar-refractivity contribution >= 4 is 21.6 Å². The van der Waals surface area contributed by atoms with Crippen LogP contribution >= 0.6 is 15.9 Å². The molecule has 4 N–H and O–H groups in total. The Morgan fingerprint density at radius 2 is 1.86 bits per heavy atom. The lowest BCUT2D eigenvalue weighted by Crippen LogP contribution is -2.12. The number of anilines is 1. The van der Waals surface area contributed by atoms with E-state index in [0.717, 1.165) is 6.07 Å². The number of hydrogen-bond acceptors (Lipinski definition) is 2. The Morgan fingerprint density at radius 3 is 2.29 bits per heavy atom. The third-order valence-electron chi connectivity index (χ3n) is 1.76. The first-order chi connectivity index (χ1) is 6.36. The minimum atomic E-state index is -4.45. The zero-order valence-electron chi connectivity index (χ0n) is 7.03. The summed E-state index contributed by atoms with van der Waals surface area (Å²) in [6.45, 7) is -0.0195. The van der Waals surface area contributed by atoms with Gasteiger partial charge in [0.2, 0.25) is 0 Å². The monoisotopic (exact) mass is 268 g/mol. The van der Waals surface area contributed by atoms with E-state index in [1.807, 2.05) is 0 Å². The summed E-state index contributed by atoms with van der Waals surface area (Å²) in [5.74, 6) is 0. The third kappa shape index (κ3) is 2.19. The van der Waals surface area contributed by atoms with Crippen LogP contribution in [-0.4, -0.2) is 0 Å². The van der Waals surface area contributed by atoms with Crippen molar-refractivity contribution in [2.24, 2.45) is 5.73 Å². The summed E-state index contributed by atoms with van der Waals surface area (Å²) in [6.07, 6.45) is -4.45. The first-order valence-corrected chi connectivity index (χ1v) is 4.50. The van der Waals surface area contributed by atoms with Crippen LogP contribution in [0.4, 0.5) is 18.9 Å². The van der Waals surface area contributed by atoms with Gasteiger partial charge in [-0.15, -0.1) is 0 Å². The zero-order chi connectivity index (χ0) is 10.9. The van der Waals surface area contributed by atoms with Crippen LogP contribution in [0.3, 0.4) is 0 Å². The van der Waals surface area contributed by atoms with Gasteiger partial charge in [-0.05, 0) is 17.7 Å². The maximum atomic E-state index is 12.4. The predicted octanol–water partition coefficient (Wildman–Crippen LogP) is 2.51. The Balaban J connectivity index is 3.37. The highest BCUT2D eigenvalue weighted by molar-refractivity contribution is 9.10. The lowest BCUT2D eigenvalue weighted by atomic mass is 10.1.